The molecule has 11 nitrogen and oxygen atoms in total. The number of nitrogens with two attached hydrogens (primary N) is 1. The average molecular weight is 2610 g/mol. The molecule has 0 unspecified atom stereocenters. The van der Waals surface area contributed by atoms with E-state index in [2.05, 4.69) is 464 Å². The number of hydrogen-bond donors (Lipinski definition) is 3. The van der Waals surface area contributed by atoms with Gasteiger partial charge in [-0.2, -0.15) is 9.15 Å². The molecule has 6 aliphatic rings. The monoisotopic (exact) mass is 2610 g/mol. The number of nitrogen functional groups attached to an aromatic ring is 1. The summed E-state index contributed by atoms with van der Waals surface area (Å²) in [5, 5.41) is 3.26. The maximum absolute atomic E-state index is 10.1. The minimum Gasteiger partial charge on any atom is -1.00 e. The van der Waals surface area contributed by atoms with Crippen molar-refractivity contribution in [2.75, 3.05) is 55.8 Å². The Balaban J connectivity index is 0.000000399. The van der Waals surface area contributed by atoms with Gasteiger partial charge in [0.25, 0.3) is 0 Å². The highest BCUT2D eigenvalue weighted by Crippen LogP contribution is 2.49. The summed E-state index contributed by atoms with van der Waals surface area (Å²) >= 11 is 16.1. The van der Waals surface area contributed by atoms with E-state index >= 15 is 0 Å². The number of anilines is 3. The summed E-state index contributed by atoms with van der Waals surface area (Å²) in [7, 11) is 10.7. The zero-order valence-electron chi connectivity index (χ0n) is 80.7. The molecule has 702 valence electrons. The van der Waals surface area contributed by atoms with Crippen molar-refractivity contribution in [1.82, 2.24) is 0 Å². The van der Waals surface area contributed by atoms with Crippen molar-refractivity contribution < 1.29 is 119 Å². The molecule has 0 amide bonds. The highest BCUT2D eigenvalue weighted by atomic mass is 127. The molecule has 132 heavy (non-hydrogen) atoms. The summed E-state index contributed by atoms with van der Waals surface area (Å²) in [6, 6.07) is 83.4. The van der Waals surface area contributed by atoms with Crippen LogP contribution < -0.4 is 117 Å². The van der Waals surface area contributed by atoms with E-state index in [0.717, 1.165) is 47.1 Å². The van der Waals surface area contributed by atoms with Crippen molar-refractivity contribution in [3.63, 3.8) is 0 Å². The van der Waals surface area contributed by atoms with Crippen LogP contribution in [0.25, 0.3) is 0 Å². The zero-order valence-corrected chi connectivity index (χ0v) is 98.7. The number of halogens is 10. The predicted octanol–water partition coefficient (Wildman–Crippen LogP) is 18.4. The molecule has 6 aliphatic heterocycles. The Morgan fingerprint density at radius 1 is 0.455 bits per heavy atom. The van der Waals surface area contributed by atoms with Crippen LogP contribution in [0.4, 0.5) is 51.2 Å². The number of carbonyl (C=O) groups excluding carboxylic acids is 1. The number of likely N-dealkylation sites (N-methyl/N-ethyl adjacent to an activating group) is 1. The van der Waals surface area contributed by atoms with Gasteiger partial charge in [-0.15, -0.1) is 12.4 Å². The maximum atomic E-state index is 10.1. The van der Waals surface area contributed by atoms with Crippen LogP contribution in [0, 0.1) is 5.92 Å². The van der Waals surface area contributed by atoms with E-state index in [4.69, 9.17) is 5.84 Å². The van der Waals surface area contributed by atoms with Crippen LogP contribution in [0.2, 0.25) is 0 Å². The molecule has 10 aromatic rings. The summed E-state index contributed by atoms with van der Waals surface area (Å²) in [5.74, 6) is 5.61. The van der Waals surface area contributed by atoms with Gasteiger partial charge in [-0.3, -0.25) is 20.6 Å². The zero-order chi connectivity index (χ0) is 93.4. The van der Waals surface area contributed by atoms with Gasteiger partial charge >= 0.3 is 0 Å². The van der Waals surface area contributed by atoms with Crippen LogP contribution in [0.15, 0.2) is 343 Å². The Labute approximate surface area is 911 Å². The van der Waals surface area contributed by atoms with Crippen molar-refractivity contribution in [3.8, 4) is 0 Å². The van der Waals surface area contributed by atoms with E-state index in [1.807, 2.05) is 140 Å². The van der Waals surface area contributed by atoms with Crippen LogP contribution >= 0.6 is 98.7 Å². The number of fused-ring (bicyclic) bond motifs is 6. The molecule has 16 rings (SSSR count). The molecule has 0 saturated carbocycles. The summed E-state index contributed by atoms with van der Waals surface area (Å²) in [6.45, 7) is 39.2. The third kappa shape index (κ3) is 30.8. The van der Waals surface area contributed by atoms with Crippen molar-refractivity contribution in [2.45, 2.75) is 164 Å². The molecule has 0 radical (unpaired) electrons. The molecule has 0 atom stereocenters. The van der Waals surface area contributed by atoms with Gasteiger partial charge in [0.1, 0.15) is 34.0 Å². The molecule has 10 aromatic carbocycles. The van der Waals surface area contributed by atoms with Crippen LogP contribution in [0.5, 0.6) is 0 Å². The number of alkyl halides is 1. The Morgan fingerprint density at radius 3 is 1.33 bits per heavy atom. The first-order valence-corrected chi connectivity index (χ1v) is 48.5. The second-order valence-electron chi connectivity index (χ2n) is 35.4. The first-order chi connectivity index (χ1) is 60.2. The minimum absolute atomic E-state index is 0. The van der Waals surface area contributed by atoms with Gasteiger partial charge in [-0.1, -0.05) is 280 Å². The van der Waals surface area contributed by atoms with Crippen molar-refractivity contribution in [3.05, 3.63) is 372 Å². The second kappa shape index (κ2) is 55.2. The van der Waals surface area contributed by atoms with E-state index < -0.39 is 0 Å². The molecule has 6 heterocycles. The molecule has 0 aromatic heterocycles. The number of nitrogens with zero attached hydrogens (tertiary/aromatic N) is 7. The lowest BCUT2D eigenvalue weighted by Crippen LogP contribution is -3.00. The third-order valence-corrected chi connectivity index (χ3v) is 26.9. The third-order valence-electron chi connectivity index (χ3n) is 24.9. The smallest absolute Gasteiger partial charge is 0.209 e. The normalized spacial score (nSPS) is 15.7. The minimum atomic E-state index is -0.0219. The number of benzene rings is 10. The van der Waals surface area contributed by atoms with Crippen LogP contribution in [0.3, 0.4) is 0 Å². The number of hydrogen-bond acceptors (Lipinski definition) is 7. The second-order valence-corrected chi connectivity index (χ2v) is 39.1. The van der Waals surface area contributed by atoms with Gasteiger partial charge in [0.05, 0.1) is 33.0 Å². The molecule has 0 bridgehead atoms. The Hall–Kier alpha value is -6.45. The van der Waals surface area contributed by atoms with Crippen molar-refractivity contribution in [2.24, 2.45) is 21.7 Å². The lowest BCUT2D eigenvalue weighted by Gasteiger charge is -2.23. The lowest BCUT2D eigenvalue weighted by atomic mass is 9.81. The van der Waals surface area contributed by atoms with Gasteiger partial charge in [-0.25, -0.2) is 9.15 Å². The molecule has 0 spiro atoms. The molecule has 0 aliphatic carbocycles. The van der Waals surface area contributed by atoms with Gasteiger partial charge in [-0.05, 0) is 213 Å². The fourth-order valence-corrected chi connectivity index (χ4v) is 17.4. The number of allylic oxidation sites excluding steroid dienone is 11. The van der Waals surface area contributed by atoms with E-state index in [0.29, 0.717) is 0 Å². The Kier molecular flexibility index (Phi) is 50.1. The lowest BCUT2D eigenvalue weighted by molar-refractivity contribution is -0.403. The standard InChI is InChI=1S/C27H30BrN2.C21H22N2.C16H15N.C12H15BrN.C12H16N.C11H12BrN.C6H7BrN2.C5H10O.CH3I.ClH.4HI/c1-26(2)20-12-10-11-13-22(20)29(5)24(26)14-8-7-9-15-25-27(3,4)21-18-19(28)16-17-23(21)30(25)6;1-21(2)18-13-7-8-14-19(18)23(3)20(21)15-9-10-16-22-17-11-5-4-6-12-17;1-3-9-15(10-4-1)11-7-8-14-17-16-12-5-2-6-13-16;1-8-12(2,3)10-7-9(13)5-6-11(10)14(8)4;1-9-12(2,3)10-7-5-6-8-11(10)13(9)4;1-7-11(2,3)9-6-8(12)4-5-10(9)13-7;7-5-1-3-6(9-8)4-2-5;1-4(2)5(3)6;1-2;;;;;/h7-18H,1-6H3;4-16H,1-3H3;1-10,12-14H,11H2;5-7H,1-4H3;5-8H,1-4H3;4-6H,1-3H3;1-4,9H,8H2;4H,1-3H3;1H3;5*1H/q+1;;;2*+1;;;;;;;;;/p-3/b;;8-7+,17-14?;;;;;;;;;;;. The fraction of sp³-hybridized carbons (Fsp3) is 0.288. The number of carbonyl (C=O) groups is 1. The molecule has 0 fully saturated rings. The van der Waals surface area contributed by atoms with Gasteiger partial charge in [0.15, 0.2) is 22.8 Å². The highest BCUT2D eigenvalue weighted by molar-refractivity contribution is 14.1. The summed E-state index contributed by atoms with van der Waals surface area (Å²) in [6.07, 6.45) is 26.1. The maximum Gasteiger partial charge on any atom is 0.209 e. The van der Waals surface area contributed by atoms with E-state index in [9.17, 15) is 4.79 Å². The Bertz CT molecular complexity index is 5890. The van der Waals surface area contributed by atoms with Crippen molar-refractivity contribution >= 4 is 190 Å². The molecule has 0 saturated heterocycles. The number of aliphatic imine (C=N–C) groups is 2. The molecular formula is C111H132Br4ClI5N10O. The summed E-state index contributed by atoms with van der Waals surface area (Å²) in [4.78, 5) is 23.3. The number of para-hydroxylation sites is 5. The SMILES string of the molecule is C(/C=C/Cc1ccccc1)=Nc1ccccc1.CC(=O)C(C)C.CC1=Nc2ccc(Br)cc2C1(C)C.CC1=[N+](C)c2ccc(Br)cc2C1(C)C.CC1=[N+](C)c2ccccc2C1(C)C.CI.CN1C(=CC=CC=CC2=[N+](C)c3ccccc3C2(C)C)C(C)(C)c2cc(Br)ccc21.C[N+]1=C(/C=C/C=C/Nc2ccccc2)C(C)(C)c2ccccc21.Cl.NNc1ccc(Br)cc1.[I-].[I-].[I-].[I-]. The Morgan fingerprint density at radius 2 is 0.856 bits per heavy atom. The molecular weight excluding hydrogens is 2480 g/mol. The van der Waals surface area contributed by atoms with Gasteiger partial charge in [0, 0.05) is 155 Å². The van der Waals surface area contributed by atoms with E-state index in [1.165, 1.54) is 102 Å². The number of hydrazine groups is 1. The summed E-state index contributed by atoms with van der Waals surface area (Å²) in [5.41, 5.74) is 31.2. The van der Waals surface area contributed by atoms with E-state index in [1.54, 1.807) is 6.92 Å². The quantitative estimate of drug-likeness (QED) is 0.0203. The molecule has 4 N–H and O–H groups in total. The number of nitrogens with one attached hydrogen (secondary N) is 2. The van der Waals surface area contributed by atoms with Crippen molar-refractivity contribution in [1.29, 1.82) is 0 Å². The summed E-state index contributed by atoms with van der Waals surface area (Å²) < 4.78 is 13.6. The van der Waals surface area contributed by atoms with Gasteiger partial charge < -0.3 is 112 Å². The average Bonchev–Trinajstić information content (AvgIpc) is 1.57. The highest BCUT2D eigenvalue weighted by Gasteiger charge is 2.46. The molecule has 21 heteroatoms. The predicted molar refractivity (Wildman–Crippen MR) is 579 cm³/mol. The largest absolute Gasteiger partial charge is 1.00 e. The first kappa shape index (κ1) is 120. The van der Waals surface area contributed by atoms with E-state index in [-0.39, 0.29) is 153 Å². The van der Waals surface area contributed by atoms with Crippen LogP contribution in [-0.4, -0.2) is 99.0 Å². The topological polar surface area (TPSA) is 107 Å². The first-order valence-electron chi connectivity index (χ1n) is 43.1. The fourth-order valence-electron chi connectivity index (χ4n) is 16.0. The number of rotatable bonds is 13. The van der Waals surface area contributed by atoms with Crippen LogP contribution in [0.1, 0.15) is 164 Å². The number of ketones is 1. The van der Waals surface area contributed by atoms with Crippen LogP contribution in [-0.2, 0) is 43.7 Å². The van der Waals surface area contributed by atoms with Gasteiger partial charge in [0.2, 0.25) is 22.7 Å². The number of Topliss-reactive ketones (excluding diaryl/α,β-unsaturated/α-hetero) is 1.